The Morgan fingerprint density at radius 1 is 0.783 bits per heavy atom. The smallest absolute Gasteiger partial charge is 0.458 e. The molecule has 2 rings (SSSR count). The fourth-order valence-electron chi connectivity index (χ4n) is 1.98. The molecular weight excluding hydrogens is 323 g/mol. The number of anilines is 2. The Bertz CT molecular complexity index is 760. The number of halogens is 5. The number of phenolic OH excluding ortho intramolecular Hbond substituents is 2. The van der Waals surface area contributed by atoms with Crippen molar-refractivity contribution in [1.29, 1.82) is 0 Å². The lowest BCUT2D eigenvalue weighted by molar-refractivity contribution is -0.289. The summed E-state index contributed by atoms with van der Waals surface area (Å²) >= 11 is 0. The summed E-state index contributed by atoms with van der Waals surface area (Å²) in [6, 6.07) is 4.23. The first kappa shape index (κ1) is 16.7. The molecule has 0 aliphatic rings. The van der Waals surface area contributed by atoms with Gasteiger partial charge in [-0.1, -0.05) is 6.07 Å². The summed E-state index contributed by atoms with van der Waals surface area (Å²) in [7, 11) is 0. The van der Waals surface area contributed by atoms with Crippen molar-refractivity contribution in [2.24, 2.45) is 0 Å². The summed E-state index contributed by atoms with van der Waals surface area (Å²) in [6.07, 6.45) is -5.87. The number of hydrogen-bond donors (Lipinski definition) is 4. The van der Waals surface area contributed by atoms with Crippen LogP contribution in [0.1, 0.15) is 5.56 Å². The SMILES string of the molecule is Nc1cc(-c2cc(N)c(O)cc2C(F)(F)C(F)(F)F)ccc1O. The van der Waals surface area contributed by atoms with Crippen molar-refractivity contribution in [2.45, 2.75) is 12.1 Å². The summed E-state index contributed by atoms with van der Waals surface area (Å²) in [6.45, 7) is 0. The molecule has 124 valence electrons. The van der Waals surface area contributed by atoms with Crippen molar-refractivity contribution in [3.05, 3.63) is 35.9 Å². The Kier molecular flexibility index (Phi) is 3.75. The van der Waals surface area contributed by atoms with Crippen molar-refractivity contribution in [2.75, 3.05) is 11.5 Å². The lowest BCUT2D eigenvalue weighted by Crippen LogP contribution is -2.34. The molecule has 0 unspecified atom stereocenters. The summed E-state index contributed by atoms with van der Waals surface area (Å²) in [5.41, 5.74) is 8.08. The van der Waals surface area contributed by atoms with E-state index in [9.17, 15) is 32.2 Å². The van der Waals surface area contributed by atoms with Crippen molar-refractivity contribution in [3.63, 3.8) is 0 Å². The van der Waals surface area contributed by atoms with Gasteiger partial charge in [0.15, 0.2) is 0 Å². The first-order valence-corrected chi connectivity index (χ1v) is 6.11. The molecule has 0 bridgehead atoms. The molecule has 6 N–H and O–H groups in total. The van der Waals surface area contributed by atoms with E-state index in [1.54, 1.807) is 0 Å². The maximum Gasteiger partial charge on any atom is 0.458 e. The standard InChI is InChI=1S/C14H11F5N2O2/c15-13(16,14(17,18)19)8-5-12(23)10(21)4-7(8)6-1-2-11(22)9(20)3-6/h1-5,22-23H,20-21H2. The Labute approximate surface area is 126 Å². The van der Waals surface area contributed by atoms with E-state index in [-0.39, 0.29) is 28.8 Å². The maximum absolute atomic E-state index is 13.7. The molecule has 23 heavy (non-hydrogen) atoms. The molecule has 0 saturated heterocycles. The number of rotatable bonds is 2. The third-order valence-electron chi connectivity index (χ3n) is 3.20. The molecule has 4 nitrogen and oxygen atoms in total. The van der Waals surface area contributed by atoms with Crippen LogP contribution in [0.3, 0.4) is 0 Å². The Morgan fingerprint density at radius 3 is 1.87 bits per heavy atom. The van der Waals surface area contributed by atoms with Gasteiger partial charge >= 0.3 is 12.1 Å². The molecule has 0 spiro atoms. The van der Waals surface area contributed by atoms with Gasteiger partial charge in [-0.2, -0.15) is 22.0 Å². The average Bonchev–Trinajstić information content (AvgIpc) is 2.43. The number of nitrogen functional groups attached to an aromatic ring is 2. The van der Waals surface area contributed by atoms with Gasteiger partial charge in [-0.25, -0.2) is 0 Å². The highest BCUT2D eigenvalue weighted by Gasteiger charge is 2.59. The van der Waals surface area contributed by atoms with E-state index in [0.29, 0.717) is 0 Å². The zero-order valence-corrected chi connectivity index (χ0v) is 11.3. The Morgan fingerprint density at radius 2 is 1.35 bits per heavy atom. The van der Waals surface area contributed by atoms with Gasteiger partial charge in [-0.15, -0.1) is 0 Å². The minimum absolute atomic E-state index is 0.120. The lowest BCUT2D eigenvalue weighted by atomic mass is 9.93. The summed E-state index contributed by atoms with van der Waals surface area (Å²) < 4.78 is 65.5. The molecule has 2 aromatic rings. The molecule has 2 aromatic carbocycles. The second-order valence-electron chi connectivity index (χ2n) is 4.80. The lowest BCUT2D eigenvalue weighted by Gasteiger charge is -2.23. The molecule has 0 heterocycles. The summed E-state index contributed by atoms with van der Waals surface area (Å²) in [5, 5.41) is 18.7. The molecule has 0 aliphatic heterocycles. The second-order valence-corrected chi connectivity index (χ2v) is 4.80. The molecule has 0 aromatic heterocycles. The van der Waals surface area contributed by atoms with Crippen molar-refractivity contribution >= 4 is 11.4 Å². The molecule has 0 radical (unpaired) electrons. The summed E-state index contributed by atoms with van der Waals surface area (Å²) in [5.74, 6) is -6.48. The molecule has 0 aliphatic carbocycles. The van der Waals surface area contributed by atoms with Gasteiger partial charge in [0, 0.05) is 5.56 Å². The topological polar surface area (TPSA) is 92.5 Å². The minimum Gasteiger partial charge on any atom is -0.506 e. The van der Waals surface area contributed by atoms with Gasteiger partial charge in [-0.3, -0.25) is 0 Å². The fraction of sp³-hybridized carbons (Fsp3) is 0.143. The Hall–Kier alpha value is -2.71. The van der Waals surface area contributed by atoms with Gasteiger partial charge in [0.25, 0.3) is 0 Å². The zero-order valence-electron chi connectivity index (χ0n) is 11.3. The van der Waals surface area contributed by atoms with Crippen LogP contribution in [-0.2, 0) is 5.92 Å². The van der Waals surface area contributed by atoms with E-state index in [1.807, 2.05) is 0 Å². The molecule has 9 heteroatoms. The minimum atomic E-state index is -5.87. The normalized spacial score (nSPS) is 12.4. The van der Waals surface area contributed by atoms with Crippen molar-refractivity contribution < 1.29 is 32.2 Å². The summed E-state index contributed by atoms with van der Waals surface area (Å²) in [4.78, 5) is 0. The van der Waals surface area contributed by atoms with Crippen molar-refractivity contribution in [3.8, 4) is 22.6 Å². The Balaban J connectivity index is 2.77. The van der Waals surface area contributed by atoms with E-state index in [4.69, 9.17) is 11.5 Å². The van der Waals surface area contributed by atoms with Gasteiger partial charge in [0.05, 0.1) is 11.4 Å². The number of alkyl halides is 5. The van der Waals surface area contributed by atoms with Crippen LogP contribution in [-0.4, -0.2) is 16.4 Å². The number of hydrogen-bond acceptors (Lipinski definition) is 4. The highest BCUT2D eigenvalue weighted by Crippen LogP contribution is 2.49. The monoisotopic (exact) mass is 334 g/mol. The highest BCUT2D eigenvalue weighted by molar-refractivity contribution is 5.78. The van der Waals surface area contributed by atoms with Crippen LogP contribution in [0.15, 0.2) is 30.3 Å². The maximum atomic E-state index is 13.7. The largest absolute Gasteiger partial charge is 0.506 e. The average molecular weight is 334 g/mol. The first-order valence-electron chi connectivity index (χ1n) is 6.11. The van der Waals surface area contributed by atoms with E-state index in [0.717, 1.165) is 24.3 Å². The number of benzene rings is 2. The molecule has 0 fully saturated rings. The number of aromatic hydroxyl groups is 2. The van der Waals surface area contributed by atoms with Crippen LogP contribution in [0, 0.1) is 0 Å². The highest BCUT2D eigenvalue weighted by atomic mass is 19.4. The predicted molar refractivity (Wildman–Crippen MR) is 74.0 cm³/mol. The number of nitrogens with two attached hydrogens (primary N) is 2. The van der Waals surface area contributed by atoms with Crippen LogP contribution in [0.2, 0.25) is 0 Å². The molecular formula is C14H11F5N2O2. The molecule has 0 atom stereocenters. The molecule has 0 saturated carbocycles. The van der Waals surface area contributed by atoms with Crippen LogP contribution < -0.4 is 11.5 Å². The first-order chi connectivity index (χ1) is 10.4. The number of phenols is 2. The van der Waals surface area contributed by atoms with Gasteiger partial charge < -0.3 is 21.7 Å². The van der Waals surface area contributed by atoms with Crippen LogP contribution in [0.25, 0.3) is 11.1 Å². The third kappa shape index (κ3) is 2.81. The van der Waals surface area contributed by atoms with E-state index < -0.39 is 29.0 Å². The van der Waals surface area contributed by atoms with E-state index in [1.165, 1.54) is 0 Å². The zero-order chi connectivity index (χ0) is 17.6. The van der Waals surface area contributed by atoms with Crippen LogP contribution in [0.4, 0.5) is 33.3 Å². The van der Waals surface area contributed by atoms with Gasteiger partial charge in [-0.05, 0) is 35.4 Å². The van der Waals surface area contributed by atoms with Crippen molar-refractivity contribution in [1.82, 2.24) is 0 Å². The van der Waals surface area contributed by atoms with Crippen LogP contribution >= 0.6 is 0 Å². The van der Waals surface area contributed by atoms with Gasteiger partial charge in [0.2, 0.25) is 0 Å². The molecule has 0 amide bonds. The van der Waals surface area contributed by atoms with E-state index >= 15 is 0 Å². The van der Waals surface area contributed by atoms with Crippen LogP contribution in [0.5, 0.6) is 11.5 Å². The van der Waals surface area contributed by atoms with Gasteiger partial charge in [0.1, 0.15) is 11.5 Å². The predicted octanol–water partition coefficient (Wildman–Crippen LogP) is 3.58. The van der Waals surface area contributed by atoms with E-state index in [2.05, 4.69) is 0 Å². The fourth-order valence-corrected chi connectivity index (χ4v) is 1.98. The second kappa shape index (κ2) is 5.18. The quantitative estimate of drug-likeness (QED) is 0.384. The third-order valence-corrected chi connectivity index (χ3v) is 3.20.